The SMILES string of the molecule is CCC(C)(C)NC(=O)N1CCCCC1C(=O)O. The van der Waals surface area contributed by atoms with Crippen molar-refractivity contribution in [3.05, 3.63) is 0 Å². The molecule has 2 amide bonds. The van der Waals surface area contributed by atoms with Gasteiger partial charge in [-0.25, -0.2) is 9.59 Å². The maximum Gasteiger partial charge on any atom is 0.326 e. The fourth-order valence-corrected chi connectivity index (χ4v) is 1.88. The molecule has 1 atom stereocenters. The number of hydrogen-bond donors (Lipinski definition) is 2. The van der Waals surface area contributed by atoms with Crippen LogP contribution in [0.1, 0.15) is 46.5 Å². The predicted molar refractivity (Wildman–Crippen MR) is 64.9 cm³/mol. The van der Waals surface area contributed by atoms with Crippen LogP contribution in [-0.4, -0.2) is 40.1 Å². The molecule has 0 bridgehead atoms. The lowest BCUT2D eigenvalue weighted by Crippen LogP contribution is -2.56. The third-order valence-corrected chi connectivity index (χ3v) is 3.38. The van der Waals surface area contributed by atoms with Crippen LogP contribution in [0.25, 0.3) is 0 Å². The van der Waals surface area contributed by atoms with Gasteiger partial charge in [0.15, 0.2) is 0 Å². The number of amides is 2. The Balaban J connectivity index is 2.69. The second-order valence-electron chi connectivity index (χ2n) is 5.21. The van der Waals surface area contributed by atoms with Gasteiger partial charge in [-0.3, -0.25) is 0 Å². The fourth-order valence-electron chi connectivity index (χ4n) is 1.88. The summed E-state index contributed by atoms with van der Waals surface area (Å²) in [6.45, 7) is 6.39. The quantitative estimate of drug-likeness (QED) is 0.793. The highest BCUT2D eigenvalue weighted by Crippen LogP contribution is 2.18. The van der Waals surface area contributed by atoms with Crippen LogP contribution in [0.5, 0.6) is 0 Å². The highest BCUT2D eigenvalue weighted by atomic mass is 16.4. The van der Waals surface area contributed by atoms with Crippen LogP contribution in [-0.2, 0) is 4.79 Å². The molecule has 0 aromatic carbocycles. The summed E-state index contributed by atoms with van der Waals surface area (Å²) in [6.07, 6.45) is 3.11. The smallest absolute Gasteiger partial charge is 0.326 e. The van der Waals surface area contributed by atoms with Crippen LogP contribution in [0.2, 0.25) is 0 Å². The Kier molecular flexibility index (Phi) is 4.37. The first-order valence-corrected chi connectivity index (χ1v) is 6.19. The Labute approximate surface area is 102 Å². The first-order chi connectivity index (χ1) is 7.87. The van der Waals surface area contributed by atoms with E-state index in [0.29, 0.717) is 13.0 Å². The van der Waals surface area contributed by atoms with E-state index in [0.717, 1.165) is 19.3 Å². The summed E-state index contributed by atoms with van der Waals surface area (Å²) in [5.74, 6) is -0.908. The van der Waals surface area contributed by atoms with Crippen molar-refractivity contribution in [3.63, 3.8) is 0 Å². The van der Waals surface area contributed by atoms with E-state index in [1.165, 1.54) is 4.90 Å². The predicted octanol–water partition coefficient (Wildman–Crippen LogP) is 1.82. The van der Waals surface area contributed by atoms with E-state index in [4.69, 9.17) is 5.11 Å². The zero-order chi connectivity index (χ0) is 13.1. The van der Waals surface area contributed by atoms with E-state index < -0.39 is 12.0 Å². The Morgan fingerprint density at radius 3 is 2.59 bits per heavy atom. The van der Waals surface area contributed by atoms with Crippen molar-refractivity contribution in [2.45, 2.75) is 58.0 Å². The van der Waals surface area contributed by atoms with Gasteiger partial charge in [-0.1, -0.05) is 6.92 Å². The van der Waals surface area contributed by atoms with Crippen LogP contribution < -0.4 is 5.32 Å². The van der Waals surface area contributed by atoms with Gasteiger partial charge in [0.05, 0.1) is 0 Å². The molecule has 1 aliphatic rings. The van der Waals surface area contributed by atoms with Gasteiger partial charge < -0.3 is 15.3 Å². The molecule has 0 aromatic rings. The lowest BCUT2D eigenvalue weighted by atomic mass is 10.0. The zero-order valence-electron chi connectivity index (χ0n) is 10.8. The minimum absolute atomic E-state index is 0.260. The molecular formula is C12H22N2O3. The highest BCUT2D eigenvalue weighted by Gasteiger charge is 2.33. The number of aliphatic carboxylic acids is 1. The number of carbonyl (C=O) groups excluding carboxylic acids is 1. The van der Waals surface area contributed by atoms with E-state index >= 15 is 0 Å². The van der Waals surface area contributed by atoms with Gasteiger partial charge in [0.25, 0.3) is 0 Å². The van der Waals surface area contributed by atoms with Crippen LogP contribution in [0, 0.1) is 0 Å². The molecule has 0 aromatic heterocycles. The van der Waals surface area contributed by atoms with Gasteiger partial charge in [0, 0.05) is 12.1 Å². The van der Waals surface area contributed by atoms with Gasteiger partial charge in [-0.15, -0.1) is 0 Å². The standard InChI is InChI=1S/C12H22N2O3/c1-4-12(2,3)13-11(17)14-8-6-5-7-9(14)10(15)16/h9H,4-8H2,1-3H3,(H,13,17)(H,15,16). The number of nitrogens with one attached hydrogen (secondary N) is 1. The molecule has 0 spiro atoms. The number of piperidine rings is 1. The Hall–Kier alpha value is -1.26. The average Bonchev–Trinajstić information content (AvgIpc) is 2.28. The van der Waals surface area contributed by atoms with Crippen molar-refractivity contribution in [1.82, 2.24) is 10.2 Å². The second kappa shape index (κ2) is 5.38. The van der Waals surface area contributed by atoms with Crippen molar-refractivity contribution in [3.8, 4) is 0 Å². The van der Waals surface area contributed by atoms with Gasteiger partial charge in [-0.05, 0) is 39.5 Å². The van der Waals surface area contributed by atoms with Gasteiger partial charge in [0.1, 0.15) is 6.04 Å². The summed E-state index contributed by atoms with van der Waals surface area (Å²) in [5, 5.41) is 12.0. The molecule has 5 heteroatoms. The molecule has 2 N–H and O–H groups in total. The van der Waals surface area contributed by atoms with Crippen molar-refractivity contribution in [2.75, 3.05) is 6.54 Å². The summed E-state index contributed by atoms with van der Waals surface area (Å²) < 4.78 is 0. The Morgan fingerprint density at radius 2 is 2.06 bits per heavy atom. The second-order valence-corrected chi connectivity index (χ2v) is 5.21. The summed E-state index contributed by atoms with van der Waals surface area (Å²) in [5.41, 5.74) is -0.294. The van der Waals surface area contributed by atoms with Crippen LogP contribution in [0.3, 0.4) is 0 Å². The van der Waals surface area contributed by atoms with Crippen molar-refractivity contribution >= 4 is 12.0 Å². The van der Waals surface area contributed by atoms with Gasteiger partial charge in [0.2, 0.25) is 0 Å². The maximum atomic E-state index is 12.0. The van der Waals surface area contributed by atoms with E-state index in [1.54, 1.807) is 0 Å². The molecule has 5 nitrogen and oxygen atoms in total. The summed E-state index contributed by atoms with van der Waals surface area (Å²) in [6, 6.07) is -0.930. The molecular weight excluding hydrogens is 220 g/mol. The maximum absolute atomic E-state index is 12.0. The summed E-state index contributed by atoms with van der Waals surface area (Å²) >= 11 is 0. The minimum atomic E-state index is -0.908. The number of carboxylic acids is 1. The molecule has 0 aliphatic carbocycles. The number of urea groups is 1. The van der Waals surface area contributed by atoms with Gasteiger partial charge in [-0.2, -0.15) is 0 Å². The molecule has 1 heterocycles. The highest BCUT2D eigenvalue weighted by molar-refractivity contribution is 5.83. The molecule has 1 rings (SSSR count). The number of carbonyl (C=O) groups is 2. The van der Waals surface area contributed by atoms with Gasteiger partial charge >= 0.3 is 12.0 Å². The molecule has 0 radical (unpaired) electrons. The van der Waals surface area contributed by atoms with Crippen LogP contribution in [0.15, 0.2) is 0 Å². The minimum Gasteiger partial charge on any atom is -0.480 e. The number of carboxylic acid groups (broad SMARTS) is 1. The number of nitrogens with zero attached hydrogens (tertiary/aromatic N) is 1. The first kappa shape index (κ1) is 13.8. The van der Waals surface area contributed by atoms with E-state index in [9.17, 15) is 9.59 Å². The monoisotopic (exact) mass is 242 g/mol. The molecule has 1 aliphatic heterocycles. The Bertz CT molecular complexity index is 302. The van der Waals surface area contributed by atoms with Crippen LogP contribution in [0.4, 0.5) is 4.79 Å². The number of hydrogen-bond acceptors (Lipinski definition) is 2. The lowest BCUT2D eigenvalue weighted by molar-refractivity contribution is -0.143. The topological polar surface area (TPSA) is 69.6 Å². The molecule has 98 valence electrons. The fraction of sp³-hybridized carbons (Fsp3) is 0.833. The normalized spacial score (nSPS) is 21.1. The van der Waals surface area contributed by atoms with E-state index in [1.807, 2.05) is 20.8 Å². The largest absolute Gasteiger partial charge is 0.480 e. The molecule has 1 fully saturated rings. The molecule has 17 heavy (non-hydrogen) atoms. The molecule has 1 unspecified atom stereocenters. The van der Waals surface area contributed by atoms with Crippen molar-refractivity contribution in [2.24, 2.45) is 0 Å². The number of likely N-dealkylation sites (tertiary alicyclic amines) is 1. The Morgan fingerprint density at radius 1 is 1.41 bits per heavy atom. The summed E-state index contributed by atoms with van der Waals surface area (Å²) in [4.78, 5) is 24.6. The average molecular weight is 242 g/mol. The van der Waals surface area contributed by atoms with E-state index in [-0.39, 0.29) is 11.6 Å². The third kappa shape index (κ3) is 3.61. The van der Waals surface area contributed by atoms with Crippen molar-refractivity contribution < 1.29 is 14.7 Å². The van der Waals surface area contributed by atoms with E-state index in [2.05, 4.69) is 5.32 Å². The zero-order valence-corrected chi connectivity index (χ0v) is 10.8. The summed E-state index contributed by atoms with van der Waals surface area (Å²) in [7, 11) is 0. The van der Waals surface area contributed by atoms with Crippen molar-refractivity contribution in [1.29, 1.82) is 0 Å². The molecule has 0 saturated carbocycles. The number of rotatable bonds is 3. The van der Waals surface area contributed by atoms with Crippen LogP contribution >= 0.6 is 0 Å². The first-order valence-electron chi connectivity index (χ1n) is 6.19. The lowest BCUT2D eigenvalue weighted by Gasteiger charge is -2.36. The molecule has 1 saturated heterocycles. The third-order valence-electron chi connectivity index (χ3n) is 3.38.